The Hall–Kier alpha value is -1.20. The summed E-state index contributed by atoms with van der Waals surface area (Å²) in [5.41, 5.74) is 1.67. The molecule has 0 fully saturated rings. The highest BCUT2D eigenvalue weighted by atomic mass is 79.9. The Labute approximate surface area is 121 Å². The van der Waals surface area contributed by atoms with Crippen LogP contribution in [0.5, 0.6) is 0 Å². The first kappa shape index (κ1) is 14.2. The molecule has 0 aliphatic carbocycles. The van der Waals surface area contributed by atoms with Gasteiger partial charge in [0.25, 0.3) is 0 Å². The minimum Gasteiger partial charge on any atom is -0.311 e. The number of benzene rings is 1. The fourth-order valence-electron chi connectivity index (χ4n) is 1.72. The largest absolute Gasteiger partial charge is 0.311 e. The molecule has 0 unspecified atom stereocenters. The Bertz CT molecular complexity index is 551. The maximum Gasteiger partial charge on any atom is 0.139 e. The zero-order valence-corrected chi connectivity index (χ0v) is 12.6. The fraction of sp³-hybridized carbons (Fsp3) is 0.357. The molecule has 1 aromatic carbocycles. The van der Waals surface area contributed by atoms with E-state index in [1.807, 2.05) is 18.3 Å². The highest BCUT2D eigenvalue weighted by Gasteiger charge is 2.05. The first-order chi connectivity index (χ1) is 9.06. The van der Waals surface area contributed by atoms with Crippen molar-refractivity contribution in [2.24, 2.45) is 5.92 Å². The summed E-state index contributed by atoms with van der Waals surface area (Å²) in [7, 11) is 0. The Morgan fingerprint density at radius 1 is 1.37 bits per heavy atom. The van der Waals surface area contributed by atoms with Crippen LogP contribution in [0.4, 0.5) is 4.39 Å². The third kappa shape index (κ3) is 3.88. The Balaban J connectivity index is 2.05. The number of hydrogen-bond acceptors (Lipinski definition) is 2. The van der Waals surface area contributed by atoms with Crippen molar-refractivity contribution in [3.8, 4) is 5.69 Å². The Morgan fingerprint density at radius 2 is 2.16 bits per heavy atom. The lowest BCUT2D eigenvalue weighted by Crippen LogP contribution is -2.19. The van der Waals surface area contributed by atoms with E-state index in [2.05, 4.69) is 40.2 Å². The van der Waals surface area contributed by atoms with Gasteiger partial charge in [0.15, 0.2) is 0 Å². The van der Waals surface area contributed by atoms with E-state index in [1.165, 1.54) is 6.07 Å². The second kappa shape index (κ2) is 6.30. The molecule has 0 atom stereocenters. The molecular weight excluding hydrogens is 309 g/mol. The molecule has 0 radical (unpaired) electrons. The van der Waals surface area contributed by atoms with Gasteiger partial charge >= 0.3 is 0 Å². The molecule has 1 N–H and O–H groups in total. The van der Waals surface area contributed by atoms with E-state index >= 15 is 0 Å². The summed E-state index contributed by atoms with van der Waals surface area (Å²) in [5.74, 6) is 0.329. The first-order valence-corrected chi connectivity index (χ1v) is 7.06. The Kier molecular flexibility index (Phi) is 4.71. The van der Waals surface area contributed by atoms with Crippen LogP contribution in [0.3, 0.4) is 0 Å². The second-order valence-electron chi connectivity index (χ2n) is 4.87. The molecular formula is C14H17BrFN3. The summed E-state index contributed by atoms with van der Waals surface area (Å²) in [6, 6.07) is 6.91. The van der Waals surface area contributed by atoms with Gasteiger partial charge in [-0.3, -0.25) is 0 Å². The van der Waals surface area contributed by atoms with Crippen molar-refractivity contribution in [1.29, 1.82) is 0 Å². The van der Waals surface area contributed by atoms with Crippen molar-refractivity contribution in [2.45, 2.75) is 20.4 Å². The molecule has 2 rings (SSSR count). The Morgan fingerprint density at radius 3 is 2.84 bits per heavy atom. The van der Waals surface area contributed by atoms with Gasteiger partial charge < -0.3 is 5.32 Å². The number of halogens is 2. The van der Waals surface area contributed by atoms with Crippen molar-refractivity contribution in [3.05, 3.63) is 46.4 Å². The van der Waals surface area contributed by atoms with E-state index < -0.39 is 0 Å². The van der Waals surface area contributed by atoms with Gasteiger partial charge in [0.1, 0.15) is 5.82 Å². The zero-order valence-electron chi connectivity index (χ0n) is 11.0. The number of hydrogen-bond donors (Lipinski definition) is 1. The van der Waals surface area contributed by atoms with Gasteiger partial charge in [-0.1, -0.05) is 13.8 Å². The zero-order chi connectivity index (χ0) is 13.8. The van der Waals surface area contributed by atoms with Gasteiger partial charge in [-0.05, 0) is 46.6 Å². The molecule has 5 heteroatoms. The summed E-state index contributed by atoms with van der Waals surface area (Å²) in [5, 5.41) is 7.75. The van der Waals surface area contributed by atoms with E-state index in [9.17, 15) is 4.39 Å². The van der Waals surface area contributed by atoms with Gasteiger partial charge in [0.2, 0.25) is 0 Å². The maximum absolute atomic E-state index is 13.5. The van der Waals surface area contributed by atoms with Gasteiger partial charge in [-0.2, -0.15) is 5.10 Å². The molecule has 0 saturated carbocycles. The predicted molar refractivity (Wildman–Crippen MR) is 77.8 cm³/mol. The average Bonchev–Trinajstić information content (AvgIpc) is 2.81. The summed E-state index contributed by atoms with van der Waals surface area (Å²) in [6.45, 7) is 6.01. The molecule has 1 aromatic heterocycles. The molecule has 2 aromatic rings. The minimum absolute atomic E-state index is 0.285. The van der Waals surface area contributed by atoms with Crippen LogP contribution < -0.4 is 5.32 Å². The lowest BCUT2D eigenvalue weighted by molar-refractivity contribution is 0.546. The maximum atomic E-state index is 13.5. The summed E-state index contributed by atoms with van der Waals surface area (Å²) >= 11 is 3.14. The highest BCUT2D eigenvalue weighted by Crippen LogP contribution is 2.18. The smallest absolute Gasteiger partial charge is 0.139 e. The number of nitrogens with one attached hydrogen (secondary N) is 1. The molecule has 3 nitrogen and oxygen atoms in total. The standard InChI is InChI=1S/C14H17BrFN3/c1-10(2)8-17-9-11-5-6-19(18-11)12-3-4-13(15)14(16)7-12/h3-7,10,17H,8-9H2,1-2H3. The van der Waals surface area contributed by atoms with Gasteiger partial charge in [-0.15, -0.1) is 0 Å². The molecule has 102 valence electrons. The van der Waals surface area contributed by atoms with Crippen LogP contribution in [0.25, 0.3) is 5.69 Å². The van der Waals surface area contributed by atoms with Crippen LogP contribution in [0.1, 0.15) is 19.5 Å². The predicted octanol–water partition coefficient (Wildman–Crippen LogP) is 3.52. The number of aromatic nitrogens is 2. The molecule has 19 heavy (non-hydrogen) atoms. The average molecular weight is 326 g/mol. The number of rotatable bonds is 5. The third-order valence-corrected chi connectivity index (χ3v) is 3.31. The van der Waals surface area contributed by atoms with E-state index in [0.717, 1.165) is 24.5 Å². The summed E-state index contributed by atoms with van der Waals surface area (Å²) in [6.07, 6.45) is 1.84. The van der Waals surface area contributed by atoms with Gasteiger partial charge in [0, 0.05) is 18.8 Å². The number of nitrogens with zero attached hydrogens (tertiary/aromatic N) is 2. The molecule has 0 amide bonds. The lowest BCUT2D eigenvalue weighted by atomic mass is 10.2. The summed E-state index contributed by atoms with van der Waals surface area (Å²) in [4.78, 5) is 0. The van der Waals surface area contributed by atoms with Crippen LogP contribution in [0.2, 0.25) is 0 Å². The van der Waals surface area contributed by atoms with Crippen LogP contribution in [0.15, 0.2) is 34.9 Å². The van der Waals surface area contributed by atoms with Crippen molar-refractivity contribution in [1.82, 2.24) is 15.1 Å². The van der Waals surface area contributed by atoms with Crippen LogP contribution in [-0.4, -0.2) is 16.3 Å². The molecule has 0 bridgehead atoms. The molecule has 0 saturated heterocycles. The molecule has 0 aliphatic rings. The van der Waals surface area contributed by atoms with E-state index in [0.29, 0.717) is 10.4 Å². The van der Waals surface area contributed by atoms with Crippen LogP contribution in [0, 0.1) is 11.7 Å². The monoisotopic (exact) mass is 325 g/mol. The van der Waals surface area contributed by atoms with Crippen molar-refractivity contribution >= 4 is 15.9 Å². The minimum atomic E-state index is -0.285. The van der Waals surface area contributed by atoms with Crippen molar-refractivity contribution in [2.75, 3.05) is 6.54 Å². The quantitative estimate of drug-likeness (QED) is 0.911. The van der Waals surface area contributed by atoms with Gasteiger partial charge in [0.05, 0.1) is 15.9 Å². The third-order valence-electron chi connectivity index (χ3n) is 2.67. The summed E-state index contributed by atoms with van der Waals surface area (Å²) < 4.78 is 15.6. The lowest BCUT2D eigenvalue weighted by Gasteiger charge is -2.05. The van der Waals surface area contributed by atoms with Crippen LogP contribution in [-0.2, 0) is 6.54 Å². The first-order valence-electron chi connectivity index (χ1n) is 6.27. The van der Waals surface area contributed by atoms with E-state index in [-0.39, 0.29) is 5.82 Å². The molecule has 1 heterocycles. The normalized spacial score (nSPS) is 11.2. The fourth-order valence-corrected chi connectivity index (χ4v) is 1.96. The van der Waals surface area contributed by atoms with Gasteiger partial charge in [-0.25, -0.2) is 9.07 Å². The van der Waals surface area contributed by atoms with E-state index in [1.54, 1.807) is 10.7 Å². The van der Waals surface area contributed by atoms with Crippen molar-refractivity contribution < 1.29 is 4.39 Å². The SMILES string of the molecule is CC(C)CNCc1ccn(-c2ccc(Br)c(F)c2)n1. The molecule has 0 spiro atoms. The molecule has 0 aliphatic heterocycles. The van der Waals surface area contributed by atoms with E-state index in [4.69, 9.17) is 0 Å². The topological polar surface area (TPSA) is 29.9 Å². The van der Waals surface area contributed by atoms with Crippen molar-refractivity contribution in [3.63, 3.8) is 0 Å². The van der Waals surface area contributed by atoms with Crippen LogP contribution >= 0.6 is 15.9 Å². The second-order valence-corrected chi connectivity index (χ2v) is 5.73. The highest BCUT2D eigenvalue weighted by molar-refractivity contribution is 9.10.